The van der Waals surface area contributed by atoms with Crippen molar-refractivity contribution >= 4 is 11.0 Å². The Morgan fingerprint density at radius 3 is 0.440 bits per heavy atom. The van der Waals surface area contributed by atoms with Crippen LogP contribution in [-0.4, -0.2) is 33.4 Å². The van der Waals surface area contributed by atoms with Crippen molar-refractivity contribution in [2.24, 2.45) is 0 Å². The van der Waals surface area contributed by atoms with Crippen molar-refractivity contribution in [2.75, 3.05) is 0 Å². The Hall–Kier alpha value is 0.0569. The van der Waals surface area contributed by atoms with E-state index < -0.39 is 22.4 Å². The smallest absolute Gasteiger partial charge is 0.850 e. The molecule has 0 saturated heterocycles. The third-order valence-electron chi connectivity index (χ3n) is 3.41. The topological polar surface area (TPSA) is 92.2 Å². The molecule has 0 N–H and O–H groups in total. The van der Waals surface area contributed by atoms with Gasteiger partial charge < -0.3 is 20.4 Å². The summed E-state index contributed by atoms with van der Waals surface area (Å²) >= 11 is 0. The van der Waals surface area contributed by atoms with E-state index in [1.54, 1.807) is 55.4 Å². The number of rotatable bonds is 4. The molecule has 0 amide bonds. The molecule has 5 heteroatoms. The fourth-order valence-electron chi connectivity index (χ4n) is 0. The van der Waals surface area contributed by atoms with Gasteiger partial charge in [-0.25, -0.2) is 0 Å². The van der Waals surface area contributed by atoms with Crippen molar-refractivity contribution in [3.8, 4) is 0 Å². The third-order valence-corrected chi connectivity index (χ3v) is 3.41. The van der Waals surface area contributed by atoms with Gasteiger partial charge in [0.15, 0.2) is 0 Å². The molecule has 0 spiro atoms. The minimum absolute atomic E-state index is 0. The molecule has 0 rings (SSSR count). The number of hydrogen-bond acceptors (Lipinski definition) is 4. The van der Waals surface area contributed by atoms with Crippen LogP contribution in [0.2, 0.25) is 0 Å². The largest absolute Gasteiger partial charge is 4.00 e. The summed E-state index contributed by atoms with van der Waals surface area (Å²) in [5.41, 5.74) is -2.83. The van der Waals surface area contributed by atoms with Gasteiger partial charge in [-0.1, -0.05) is 109 Å². The van der Waals surface area contributed by atoms with Crippen LogP contribution in [0.1, 0.15) is 109 Å². The predicted molar refractivity (Wildman–Crippen MR) is 103 cm³/mol. The van der Waals surface area contributed by atoms with Crippen molar-refractivity contribution in [1.29, 1.82) is 0 Å². The van der Waals surface area contributed by atoms with E-state index in [9.17, 15) is 20.4 Å². The first kappa shape index (κ1) is 36.0. The average molecular weight is 377 g/mol. The third kappa shape index (κ3) is 80.5. The molecule has 25 heavy (non-hydrogen) atoms. The first-order valence-corrected chi connectivity index (χ1v) is 9.06. The monoisotopic (exact) mass is 376 g/mol. The van der Waals surface area contributed by atoms with Gasteiger partial charge in [-0.05, 0) is 0 Å². The van der Waals surface area contributed by atoms with E-state index in [1.165, 1.54) is 0 Å². The molecule has 0 aromatic carbocycles. The van der Waals surface area contributed by atoms with Crippen molar-refractivity contribution in [3.63, 3.8) is 0 Å². The second-order valence-corrected chi connectivity index (χ2v) is 8.45. The maximum atomic E-state index is 10.5. The normalized spacial score (nSPS) is 11.5. The van der Waals surface area contributed by atoms with Gasteiger partial charge in [0.05, 0.1) is 0 Å². The van der Waals surface area contributed by atoms with E-state index in [0.717, 1.165) is 0 Å². The van der Waals surface area contributed by atoms with Crippen LogP contribution in [0.25, 0.3) is 0 Å². The zero-order valence-electron chi connectivity index (χ0n) is 19.0. The number of hydrogen-bond donors (Lipinski definition) is 0. The van der Waals surface area contributed by atoms with Gasteiger partial charge >= 0.3 is 11.0 Å². The summed E-state index contributed by atoms with van der Waals surface area (Å²) in [4.78, 5) is 0. The summed E-state index contributed by atoms with van der Waals surface area (Å²) in [6.45, 7) is 21.1. The minimum Gasteiger partial charge on any atom is -0.850 e. The van der Waals surface area contributed by atoms with Gasteiger partial charge in [-0.3, -0.25) is 0 Å². The maximum absolute atomic E-state index is 10.5. The van der Waals surface area contributed by atoms with Gasteiger partial charge in [0, 0.05) is 0 Å². The van der Waals surface area contributed by atoms with Gasteiger partial charge in [0.25, 0.3) is 0 Å². The van der Waals surface area contributed by atoms with Crippen LogP contribution in [-0.2, 0) is 0 Å². The van der Waals surface area contributed by atoms with Crippen LogP contribution in [0.3, 0.4) is 0 Å². The summed E-state index contributed by atoms with van der Waals surface area (Å²) in [6, 6.07) is 0. The molecular formula is C20H44O4Si. The van der Waals surface area contributed by atoms with Crippen LogP contribution in [0, 0.1) is 0 Å². The Balaban J connectivity index is -0.0000000702. The molecule has 152 valence electrons. The molecule has 0 heterocycles. The minimum atomic E-state index is -0.708. The van der Waals surface area contributed by atoms with Crippen LogP contribution in [0.4, 0.5) is 0 Å². The van der Waals surface area contributed by atoms with Crippen molar-refractivity contribution in [3.05, 3.63) is 0 Å². The van der Waals surface area contributed by atoms with E-state index in [2.05, 4.69) is 0 Å². The maximum Gasteiger partial charge on any atom is 4.00 e. The zero-order valence-corrected chi connectivity index (χ0v) is 20.0. The Bertz CT molecular complexity index is 197. The second-order valence-electron chi connectivity index (χ2n) is 8.45. The Labute approximate surface area is 163 Å². The molecule has 0 bridgehead atoms. The summed E-state index contributed by atoms with van der Waals surface area (Å²) in [6.07, 6.45) is 2.86. The Kier molecular flexibility index (Phi) is 23.4. The van der Waals surface area contributed by atoms with Crippen LogP contribution in [0.15, 0.2) is 0 Å². The molecule has 0 fully saturated rings. The van der Waals surface area contributed by atoms with Crippen LogP contribution < -0.4 is 20.4 Å². The van der Waals surface area contributed by atoms with Crippen molar-refractivity contribution in [2.45, 2.75) is 131 Å². The molecule has 0 aliphatic rings. The molecule has 0 aromatic heterocycles. The summed E-state index contributed by atoms with van der Waals surface area (Å²) < 4.78 is 0. The molecular weight excluding hydrogens is 332 g/mol. The SMILES string of the molecule is CCC(C)(C)[O-].CCC(C)(C)[O-].CCC(C)(C)[O-].CCC(C)(C)[O-].[Si+4]. The van der Waals surface area contributed by atoms with E-state index in [0.29, 0.717) is 25.7 Å². The molecule has 0 saturated carbocycles. The standard InChI is InChI=1S/4C5H11O.Si/c4*1-4-5(2,3)6;/h4*4H2,1-3H3;/q4*-1;+4. The van der Waals surface area contributed by atoms with E-state index in [1.807, 2.05) is 27.7 Å². The average Bonchev–Trinajstić information content (AvgIpc) is 2.37. The van der Waals surface area contributed by atoms with E-state index >= 15 is 0 Å². The van der Waals surface area contributed by atoms with Crippen molar-refractivity contribution < 1.29 is 20.4 Å². The van der Waals surface area contributed by atoms with Crippen LogP contribution >= 0.6 is 0 Å². The van der Waals surface area contributed by atoms with Crippen molar-refractivity contribution in [1.82, 2.24) is 0 Å². The molecule has 0 unspecified atom stereocenters. The fraction of sp³-hybridized carbons (Fsp3) is 1.00. The van der Waals surface area contributed by atoms with Gasteiger partial charge in [0.1, 0.15) is 0 Å². The molecule has 0 aliphatic heterocycles. The second kappa shape index (κ2) is 16.2. The summed E-state index contributed by atoms with van der Waals surface area (Å²) in [5.74, 6) is 0. The zero-order chi connectivity index (χ0) is 20.8. The molecule has 0 radical (unpaired) electrons. The first-order valence-electron chi connectivity index (χ1n) is 9.06. The summed E-state index contributed by atoms with van der Waals surface area (Å²) in [7, 11) is 0. The predicted octanol–water partition coefficient (Wildman–Crippen LogP) is 1.76. The van der Waals surface area contributed by atoms with E-state index in [-0.39, 0.29) is 11.0 Å². The first-order chi connectivity index (χ1) is 10.2. The van der Waals surface area contributed by atoms with Gasteiger partial charge in [0.2, 0.25) is 0 Å². The molecule has 0 aromatic rings. The molecule has 0 atom stereocenters. The Morgan fingerprint density at radius 1 is 0.400 bits per heavy atom. The van der Waals surface area contributed by atoms with Gasteiger partial charge in [-0.15, -0.1) is 22.4 Å². The van der Waals surface area contributed by atoms with Crippen LogP contribution in [0.5, 0.6) is 0 Å². The fourth-order valence-corrected chi connectivity index (χ4v) is 0. The van der Waals surface area contributed by atoms with E-state index in [4.69, 9.17) is 0 Å². The molecule has 4 nitrogen and oxygen atoms in total. The van der Waals surface area contributed by atoms with Gasteiger partial charge in [-0.2, -0.15) is 0 Å². The Morgan fingerprint density at radius 2 is 0.440 bits per heavy atom. The summed E-state index contributed by atoms with van der Waals surface area (Å²) in [5, 5.41) is 41.9. The molecule has 0 aliphatic carbocycles. The quantitative estimate of drug-likeness (QED) is 0.699.